The van der Waals surface area contributed by atoms with Gasteiger partial charge in [-0.05, 0) is 12.8 Å². The molecule has 0 saturated heterocycles. The zero-order valence-corrected chi connectivity index (χ0v) is 32.3. The van der Waals surface area contributed by atoms with Crippen molar-refractivity contribution in [2.24, 2.45) is 5.41 Å². The van der Waals surface area contributed by atoms with Gasteiger partial charge in [-0.15, -0.1) is 0 Å². The summed E-state index contributed by atoms with van der Waals surface area (Å²) in [6, 6.07) is 0. The topological polar surface area (TPSA) is 52.6 Å². The van der Waals surface area contributed by atoms with Crippen molar-refractivity contribution in [3.8, 4) is 0 Å². The highest BCUT2D eigenvalue weighted by Gasteiger charge is 2.45. The lowest BCUT2D eigenvalue weighted by molar-refractivity contribution is -0.256. The van der Waals surface area contributed by atoms with Crippen molar-refractivity contribution < 1.29 is 19.1 Å². The highest BCUT2D eigenvalue weighted by Crippen LogP contribution is 2.36. The normalized spacial score (nSPS) is 12.0. The minimum Gasteiger partial charge on any atom is -0.422 e. The van der Waals surface area contributed by atoms with Crippen LogP contribution in [0.3, 0.4) is 0 Å². The van der Waals surface area contributed by atoms with Crippen molar-refractivity contribution in [3.05, 3.63) is 0 Å². The average Bonchev–Trinajstić information content (AvgIpc) is 3.00. The number of carbonyl (C=O) groups is 2. The Morgan fingerprint density at radius 1 is 0.348 bits per heavy atom. The lowest BCUT2D eigenvalue weighted by Gasteiger charge is -2.39. The number of carbonyl (C=O) groups excluding carboxylic acids is 2. The molecule has 0 radical (unpaired) electrons. The minimum absolute atomic E-state index is 0.258. The number of rotatable bonds is 34. The smallest absolute Gasteiger partial charge is 0.309 e. The number of hydrogen-bond acceptors (Lipinski definition) is 4. The van der Waals surface area contributed by atoms with Crippen LogP contribution in [0.1, 0.15) is 247 Å². The maximum absolute atomic E-state index is 12.7. The second-order valence-corrected chi connectivity index (χ2v) is 15.5. The molecule has 0 amide bonds. The maximum Gasteiger partial charge on any atom is 0.309 e. The zero-order chi connectivity index (χ0) is 34.2. The molecule has 0 bridgehead atoms. The molecule has 0 aromatic rings. The molecule has 0 spiro atoms. The van der Waals surface area contributed by atoms with Gasteiger partial charge in [-0.1, -0.05) is 214 Å². The van der Waals surface area contributed by atoms with Crippen LogP contribution in [0.2, 0.25) is 0 Å². The lowest BCUT2D eigenvalue weighted by Crippen LogP contribution is -2.48. The number of unbranched alkanes of at least 4 members (excludes halogenated alkanes) is 28. The van der Waals surface area contributed by atoms with E-state index in [1.807, 2.05) is 20.8 Å². The SMILES string of the molecule is CCCCCCCCCCCCCCCCCC(=O)OC(C)(OC(=O)CCCCCCCCCCCCCCCCC)C(C)(C)C. The molecule has 274 valence electrons. The molecule has 0 saturated carbocycles. The molecule has 0 aliphatic heterocycles. The van der Waals surface area contributed by atoms with Crippen molar-refractivity contribution in [2.45, 2.75) is 253 Å². The maximum atomic E-state index is 12.7. The monoisotopic (exact) mass is 651 g/mol. The fraction of sp³-hybridized carbons (Fsp3) is 0.952. The summed E-state index contributed by atoms with van der Waals surface area (Å²) in [5, 5.41) is 0. The van der Waals surface area contributed by atoms with Gasteiger partial charge in [-0.3, -0.25) is 9.59 Å². The van der Waals surface area contributed by atoms with Crippen molar-refractivity contribution in [2.75, 3.05) is 0 Å². The summed E-state index contributed by atoms with van der Waals surface area (Å²) in [5.41, 5.74) is -0.498. The minimum atomic E-state index is -1.24. The van der Waals surface area contributed by atoms with Crippen LogP contribution in [0.25, 0.3) is 0 Å². The Labute approximate surface area is 288 Å². The lowest BCUT2D eigenvalue weighted by atomic mass is 9.86. The second kappa shape index (κ2) is 31.2. The van der Waals surface area contributed by atoms with E-state index < -0.39 is 11.2 Å². The van der Waals surface area contributed by atoms with Gasteiger partial charge in [0.1, 0.15) is 0 Å². The van der Waals surface area contributed by atoms with Crippen LogP contribution in [0.4, 0.5) is 0 Å². The predicted octanol–water partition coefficient (Wildman–Crippen LogP) is 14.4. The molecule has 0 aromatic carbocycles. The average molecular weight is 651 g/mol. The standard InChI is InChI=1S/C42H82O4/c1-7-9-11-13-15-17-19-21-23-25-27-29-31-33-35-37-39(43)45-42(6,41(3,4)5)46-40(44)38-36-34-32-30-28-26-24-22-20-18-16-14-12-10-8-2/h7-38H2,1-6H3. The molecule has 0 N–H and O–H groups in total. The van der Waals surface area contributed by atoms with Gasteiger partial charge in [0, 0.05) is 25.2 Å². The van der Waals surface area contributed by atoms with Gasteiger partial charge < -0.3 is 9.47 Å². The Bertz CT molecular complexity index is 632. The third kappa shape index (κ3) is 28.0. The molecule has 0 atom stereocenters. The van der Waals surface area contributed by atoms with Crippen molar-refractivity contribution in [3.63, 3.8) is 0 Å². The quantitative estimate of drug-likeness (QED) is 0.0395. The van der Waals surface area contributed by atoms with E-state index in [9.17, 15) is 9.59 Å². The first-order chi connectivity index (χ1) is 22.2. The molecular formula is C42H82O4. The van der Waals surface area contributed by atoms with Crippen LogP contribution in [0.5, 0.6) is 0 Å². The third-order valence-electron chi connectivity index (χ3n) is 9.95. The Kier molecular flexibility index (Phi) is 30.5. The molecule has 0 aliphatic rings. The Balaban J connectivity index is 3.88. The van der Waals surface area contributed by atoms with Gasteiger partial charge in [0.15, 0.2) is 0 Å². The predicted molar refractivity (Wildman–Crippen MR) is 199 cm³/mol. The van der Waals surface area contributed by atoms with E-state index in [0.717, 1.165) is 25.7 Å². The first-order valence-corrected chi connectivity index (χ1v) is 20.6. The number of esters is 2. The van der Waals surface area contributed by atoms with E-state index in [0.29, 0.717) is 12.8 Å². The van der Waals surface area contributed by atoms with E-state index >= 15 is 0 Å². The highest BCUT2D eigenvalue weighted by atomic mass is 16.7. The van der Waals surface area contributed by atoms with E-state index in [2.05, 4.69) is 13.8 Å². The first kappa shape index (κ1) is 44.9. The molecule has 0 aromatic heterocycles. The Morgan fingerprint density at radius 2 is 0.543 bits per heavy atom. The van der Waals surface area contributed by atoms with E-state index in [1.54, 1.807) is 6.92 Å². The molecule has 4 heteroatoms. The summed E-state index contributed by atoms with van der Waals surface area (Å²) >= 11 is 0. The second-order valence-electron chi connectivity index (χ2n) is 15.5. The highest BCUT2D eigenvalue weighted by molar-refractivity contribution is 5.72. The van der Waals surface area contributed by atoms with E-state index in [-0.39, 0.29) is 11.9 Å². The fourth-order valence-corrected chi connectivity index (χ4v) is 6.14. The van der Waals surface area contributed by atoms with E-state index in [1.165, 1.54) is 167 Å². The molecule has 0 rings (SSSR count). The van der Waals surface area contributed by atoms with Gasteiger partial charge in [-0.25, -0.2) is 0 Å². The first-order valence-electron chi connectivity index (χ1n) is 20.6. The van der Waals surface area contributed by atoms with Gasteiger partial charge >= 0.3 is 11.9 Å². The molecule has 4 nitrogen and oxygen atoms in total. The molecule has 0 aliphatic carbocycles. The summed E-state index contributed by atoms with van der Waals surface area (Å²) in [5.74, 6) is -1.76. The van der Waals surface area contributed by atoms with Crippen molar-refractivity contribution in [1.29, 1.82) is 0 Å². The third-order valence-corrected chi connectivity index (χ3v) is 9.95. The summed E-state index contributed by atoms with van der Waals surface area (Å²) in [7, 11) is 0. The van der Waals surface area contributed by atoms with Crippen LogP contribution in [-0.2, 0) is 19.1 Å². The Hall–Kier alpha value is -1.06. The number of hydrogen-bond donors (Lipinski definition) is 0. The van der Waals surface area contributed by atoms with Gasteiger partial charge in [0.25, 0.3) is 5.79 Å². The van der Waals surface area contributed by atoms with Gasteiger partial charge in [-0.2, -0.15) is 0 Å². The molecule has 0 unspecified atom stereocenters. The summed E-state index contributed by atoms with van der Waals surface area (Å²) in [6.45, 7) is 12.2. The summed E-state index contributed by atoms with van der Waals surface area (Å²) in [6.07, 6.45) is 39.8. The van der Waals surface area contributed by atoms with Crippen LogP contribution in [0.15, 0.2) is 0 Å². The largest absolute Gasteiger partial charge is 0.422 e. The molecule has 0 fully saturated rings. The molecule has 0 heterocycles. The fourth-order valence-electron chi connectivity index (χ4n) is 6.14. The van der Waals surface area contributed by atoms with E-state index in [4.69, 9.17) is 9.47 Å². The Morgan fingerprint density at radius 3 is 0.739 bits per heavy atom. The van der Waals surface area contributed by atoms with Crippen LogP contribution in [-0.4, -0.2) is 17.7 Å². The van der Waals surface area contributed by atoms with Gasteiger partial charge in [0.2, 0.25) is 0 Å². The number of ether oxygens (including phenoxy) is 2. The summed E-state index contributed by atoms with van der Waals surface area (Å²) < 4.78 is 11.7. The van der Waals surface area contributed by atoms with Crippen LogP contribution in [0, 0.1) is 5.41 Å². The molecule has 46 heavy (non-hydrogen) atoms. The van der Waals surface area contributed by atoms with Crippen LogP contribution < -0.4 is 0 Å². The summed E-state index contributed by atoms with van der Waals surface area (Å²) in [4.78, 5) is 25.4. The van der Waals surface area contributed by atoms with Crippen molar-refractivity contribution >= 4 is 11.9 Å². The van der Waals surface area contributed by atoms with Crippen molar-refractivity contribution in [1.82, 2.24) is 0 Å². The molecular weight excluding hydrogens is 568 g/mol. The van der Waals surface area contributed by atoms with Crippen LogP contribution >= 0.6 is 0 Å². The van der Waals surface area contributed by atoms with Gasteiger partial charge in [0.05, 0.1) is 0 Å². The zero-order valence-electron chi connectivity index (χ0n) is 32.3.